The van der Waals surface area contributed by atoms with E-state index in [2.05, 4.69) is 0 Å². The highest BCUT2D eigenvalue weighted by Crippen LogP contribution is 2.30. The van der Waals surface area contributed by atoms with Gasteiger partial charge >= 0.3 is 12.1 Å². The summed E-state index contributed by atoms with van der Waals surface area (Å²) in [6.07, 6.45) is -4.97. The third-order valence-corrected chi connectivity index (χ3v) is 5.57. The van der Waals surface area contributed by atoms with E-state index in [-0.39, 0.29) is 18.1 Å². The first-order chi connectivity index (χ1) is 14.6. The molecule has 0 fully saturated rings. The summed E-state index contributed by atoms with van der Waals surface area (Å²) in [5, 5.41) is 8.69. The van der Waals surface area contributed by atoms with Crippen LogP contribution in [-0.2, 0) is 26.9 Å². The molecule has 0 saturated heterocycles. The van der Waals surface area contributed by atoms with Crippen molar-refractivity contribution in [3.05, 3.63) is 53.6 Å². The molecule has 10 heteroatoms. The Bertz CT molecular complexity index is 857. The van der Waals surface area contributed by atoms with Crippen molar-refractivity contribution in [1.29, 1.82) is 0 Å². The van der Waals surface area contributed by atoms with Crippen molar-refractivity contribution in [2.24, 2.45) is 0 Å². The predicted octanol–water partition coefficient (Wildman–Crippen LogP) is 4.07. The highest BCUT2D eigenvalue weighted by molar-refractivity contribution is 7.91. The van der Waals surface area contributed by atoms with Gasteiger partial charge in [-0.05, 0) is 73.1 Å². The number of carbonyl (C=O) groups is 1. The van der Waals surface area contributed by atoms with Gasteiger partial charge in [0.15, 0.2) is 11.5 Å². The van der Waals surface area contributed by atoms with Crippen LogP contribution < -0.4 is 9.47 Å². The molecule has 2 aromatic rings. The topological polar surface area (TPSA) is 88.0 Å². The van der Waals surface area contributed by atoms with Gasteiger partial charge in [0.1, 0.15) is 30.0 Å². The first-order valence-corrected chi connectivity index (χ1v) is 10.7. The molecule has 0 aliphatic heterocycles. The summed E-state index contributed by atoms with van der Waals surface area (Å²) in [5.74, 6) is -0.350. The van der Waals surface area contributed by atoms with Crippen LogP contribution in [0.2, 0.25) is 0 Å². The second-order valence-electron chi connectivity index (χ2n) is 6.53. The van der Waals surface area contributed by atoms with E-state index in [4.69, 9.17) is 19.3 Å². The van der Waals surface area contributed by atoms with Gasteiger partial charge in [-0.15, -0.1) is 0 Å². The molecule has 0 aliphatic rings. The number of alkyl halides is 3. The number of benzene rings is 2. The number of halogens is 3. The summed E-state index contributed by atoms with van der Waals surface area (Å²) in [6.45, 7) is 3.37. The van der Waals surface area contributed by atoms with Crippen LogP contribution in [0.5, 0.6) is 11.5 Å². The fraction of sp³-hybridized carbons (Fsp3) is 0.381. The van der Waals surface area contributed by atoms with Gasteiger partial charge in [0.05, 0.1) is 5.56 Å². The average molecular weight is 460 g/mol. The van der Waals surface area contributed by atoms with Crippen LogP contribution >= 0.6 is 0 Å². The second-order valence-corrected chi connectivity index (χ2v) is 8.03. The largest absolute Gasteiger partial charge is 0.611 e. The molecule has 6 nitrogen and oxygen atoms in total. The van der Waals surface area contributed by atoms with E-state index in [0.717, 1.165) is 12.1 Å². The first kappa shape index (κ1) is 24.8. The second kappa shape index (κ2) is 11.3. The molecule has 0 spiro atoms. The minimum Gasteiger partial charge on any atom is -0.611 e. The minimum atomic E-state index is -4.42. The standard InChI is InChI=1S/C21H23F3O6S/c1-3-28-17(11-29-16-6-4-15(5-7-16)21(22,23)24)13-31(27)18-8-9-19(14(2)10-18)30-12-20(25)26/h4-10,17H,3,11-13H2,1-2H3,(H,25,26)/t17-,31-/m1/s1. The first-order valence-electron chi connectivity index (χ1n) is 9.35. The van der Waals surface area contributed by atoms with E-state index in [9.17, 15) is 22.5 Å². The molecule has 2 rings (SSSR count). The molecule has 1 N–H and O–H groups in total. The minimum absolute atomic E-state index is 0.0176. The molecular weight excluding hydrogens is 437 g/mol. The predicted molar refractivity (Wildman–Crippen MR) is 108 cm³/mol. The van der Waals surface area contributed by atoms with Gasteiger partial charge < -0.3 is 23.9 Å². The molecule has 0 unspecified atom stereocenters. The molecule has 31 heavy (non-hydrogen) atoms. The van der Waals surface area contributed by atoms with E-state index >= 15 is 0 Å². The highest BCUT2D eigenvalue weighted by Gasteiger charge is 2.30. The third kappa shape index (κ3) is 7.97. The van der Waals surface area contributed by atoms with Crippen molar-refractivity contribution in [1.82, 2.24) is 0 Å². The quantitative estimate of drug-likeness (QED) is 0.509. The SMILES string of the molecule is CCO[C@H](COc1ccc(C(F)(F)F)cc1)C[S@@+]([O-])c1ccc(OCC(=O)O)c(C)c1. The Morgan fingerprint density at radius 2 is 1.84 bits per heavy atom. The summed E-state index contributed by atoms with van der Waals surface area (Å²) in [5.41, 5.74) is -0.130. The van der Waals surface area contributed by atoms with Crippen LogP contribution in [0, 0.1) is 6.92 Å². The van der Waals surface area contributed by atoms with Gasteiger partial charge in [-0.25, -0.2) is 4.79 Å². The Morgan fingerprint density at radius 1 is 1.16 bits per heavy atom. The van der Waals surface area contributed by atoms with Crippen molar-refractivity contribution < 1.29 is 41.8 Å². The number of aliphatic carboxylic acids is 1. The van der Waals surface area contributed by atoms with Gasteiger partial charge in [0.2, 0.25) is 0 Å². The molecule has 170 valence electrons. The van der Waals surface area contributed by atoms with Crippen LogP contribution in [0.15, 0.2) is 47.4 Å². The number of carboxylic acid groups (broad SMARTS) is 1. The zero-order valence-corrected chi connectivity index (χ0v) is 17.8. The molecule has 0 aromatic heterocycles. The van der Waals surface area contributed by atoms with Crippen LogP contribution in [0.4, 0.5) is 13.2 Å². The Kier molecular flexibility index (Phi) is 9.02. The summed E-state index contributed by atoms with van der Waals surface area (Å²) in [4.78, 5) is 11.1. The third-order valence-electron chi connectivity index (χ3n) is 4.12. The zero-order valence-electron chi connectivity index (χ0n) is 17.0. The number of hydrogen-bond donors (Lipinski definition) is 1. The van der Waals surface area contributed by atoms with E-state index in [1.165, 1.54) is 12.1 Å². The summed E-state index contributed by atoms with van der Waals surface area (Å²) in [7, 11) is 0. The zero-order chi connectivity index (χ0) is 23.0. The van der Waals surface area contributed by atoms with Gasteiger partial charge in [0.25, 0.3) is 0 Å². The van der Waals surface area contributed by atoms with Crippen LogP contribution in [0.3, 0.4) is 0 Å². The van der Waals surface area contributed by atoms with Crippen molar-refractivity contribution in [2.75, 3.05) is 25.6 Å². The monoisotopic (exact) mass is 460 g/mol. The molecule has 0 saturated carbocycles. The molecule has 0 heterocycles. The van der Waals surface area contributed by atoms with E-state index in [1.807, 2.05) is 0 Å². The van der Waals surface area contributed by atoms with Crippen LogP contribution in [0.25, 0.3) is 0 Å². The van der Waals surface area contributed by atoms with E-state index < -0.39 is 41.6 Å². The Balaban J connectivity index is 1.97. The Morgan fingerprint density at radius 3 is 2.39 bits per heavy atom. The fourth-order valence-corrected chi connectivity index (χ4v) is 3.89. The maximum Gasteiger partial charge on any atom is 0.416 e. The molecule has 0 radical (unpaired) electrons. The van der Waals surface area contributed by atoms with E-state index in [0.29, 0.717) is 22.8 Å². The molecule has 0 amide bonds. The van der Waals surface area contributed by atoms with Crippen molar-refractivity contribution >= 4 is 17.1 Å². The lowest BCUT2D eigenvalue weighted by Gasteiger charge is -2.20. The lowest BCUT2D eigenvalue weighted by molar-refractivity contribution is -0.139. The molecule has 0 bridgehead atoms. The molecular formula is C21H23F3O6S. The molecule has 2 aromatic carbocycles. The van der Waals surface area contributed by atoms with Crippen molar-refractivity contribution in [2.45, 2.75) is 31.0 Å². The number of rotatable bonds is 11. The van der Waals surface area contributed by atoms with Gasteiger partial charge in [-0.2, -0.15) is 13.2 Å². The maximum absolute atomic E-state index is 12.7. The lowest BCUT2D eigenvalue weighted by atomic mass is 10.2. The molecule has 2 atom stereocenters. The lowest BCUT2D eigenvalue weighted by Crippen LogP contribution is -2.30. The average Bonchev–Trinajstić information content (AvgIpc) is 2.70. The maximum atomic E-state index is 12.7. The smallest absolute Gasteiger partial charge is 0.416 e. The van der Waals surface area contributed by atoms with Crippen LogP contribution in [-0.4, -0.2) is 47.3 Å². The summed E-state index contributed by atoms with van der Waals surface area (Å²) >= 11 is -1.45. The number of ether oxygens (including phenoxy) is 3. The van der Waals surface area contributed by atoms with Gasteiger partial charge in [0, 0.05) is 6.61 Å². The van der Waals surface area contributed by atoms with Crippen molar-refractivity contribution in [3.63, 3.8) is 0 Å². The normalized spacial score (nSPS) is 13.5. The number of carboxylic acids is 1. The Labute approximate surface area is 181 Å². The fourth-order valence-electron chi connectivity index (χ4n) is 2.64. The summed E-state index contributed by atoms with van der Waals surface area (Å²) < 4.78 is 66.9. The van der Waals surface area contributed by atoms with Crippen molar-refractivity contribution in [3.8, 4) is 11.5 Å². The Hall–Kier alpha value is -2.43. The van der Waals surface area contributed by atoms with Gasteiger partial charge in [-0.1, -0.05) is 0 Å². The number of hydrogen-bond acceptors (Lipinski definition) is 5. The van der Waals surface area contributed by atoms with Gasteiger partial charge in [-0.3, -0.25) is 0 Å². The van der Waals surface area contributed by atoms with E-state index in [1.54, 1.807) is 32.0 Å². The number of aryl methyl sites for hydroxylation is 1. The summed E-state index contributed by atoms with van der Waals surface area (Å²) in [6, 6.07) is 9.09. The van der Waals surface area contributed by atoms with Crippen LogP contribution in [0.1, 0.15) is 18.1 Å². The molecule has 0 aliphatic carbocycles. The highest BCUT2D eigenvalue weighted by atomic mass is 32.2.